The number of carbonyl (C=O) groups is 2. The normalized spacial score (nSPS) is 24.5. The molecule has 0 aliphatic carbocycles. The van der Waals surface area contributed by atoms with Gasteiger partial charge in [0, 0.05) is 13.1 Å². The first kappa shape index (κ1) is 14.6. The van der Waals surface area contributed by atoms with Crippen LogP contribution in [0.15, 0.2) is 22.8 Å². The molecule has 1 aromatic heterocycles. The minimum atomic E-state index is -0.789. The van der Waals surface area contributed by atoms with E-state index in [1.54, 1.807) is 25.3 Å². The molecule has 1 aliphatic rings. The Kier molecular flexibility index (Phi) is 4.44. The molecule has 1 aliphatic heterocycles. The zero-order chi connectivity index (χ0) is 14.7. The lowest BCUT2D eigenvalue weighted by molar-refractivity contribution is -0.142. The Morgan fingerprint density at radius 2 is 2.30 bits per heavy atom. The number of likely N-dealkylation sites (tertiary alicyclic amines) is 1. The van der Waals surface area contributed by atoms with Crippen molar-refractivity contribution in [2.75, 3.05) is 13.1 Å². The first-order chi connectivity index (χ1) is 9.49. The first-order valence-corrected chi connectivity index (χ1v) is 6.76. The van der Waals surface area contributed by atoms with E-state index in [4.69, 9.17) is 9.52 Å². The molecule has 1 fully saturated rings. The van der Waals surface area contributed by atoms with Crippen molar-refractivity contribution in [2.24, 2.45) is 11.8 Å². The van der Waals surface area contributed by atoms with Crippen molar-refractivity contribution in [1.29, 1.82) is 0 Å². The van der Waals surface area contributed by atoms with E-state index in [9.17, 15) is 9.59 Å². The van der Waals surface area contributed by atoms with Gasteiger partial charge in [-0.2, -0.15) is 0 Å². The summed E-state index contributed by atoms with van der Waals surface area (Å²) in [5, 5.41) is 11.9. The smallest absolute Gasteiger partial charge is 0.308 e. The lowest BCUT2D eigenvalue weighted by atomic mass is 9.99. The second kappa shape index (κ2) is 6.09. The molecule has 6 nitrogen and oxygen atoms in total. The third kappa shape index (κ3) is 3.19. The SMILES string of the molecule is CC1CN(C(C)C(=O)NCc2ccco2)CC1C(=O)O. The number of hydrogen-bond donors (Lipinski definition) is 2. The molecular weight excluding hydrogens is 260 g/mol. The molecule has 0 spiro atoms. The summed E-state index contributed by atoms with van der Waals surface area (Å²) in [7, 11) is 0. The summed E-state index contributed by atoms with van der Waals surface area (Å²) in [6, 6.07) is 3.23. The van der Waals surface area contributed by atoms with Gasteiger partial charge in [0.2, 0.25) is 5.91 Å². The van der Waals surface area contributed by atoms with E-state index in [-0.39, 0.29) is 17.9 Å². The standard InChI is InChI=1S/C14H20N2O4/c1-9-7-16(8-12(9)14(18)19)10(2)13(17)15-6-11-4-3-5-20-11/h3-5,9-10,12H,6-8H2,1-2H3,(H,15,17)(H,18,19). The summed E-state index contributed by atoms with van der Waals surface area (Å²) in [5.41, 5.74) is 0. The van der Waals surface area contributed by atoms with Crippen molar-refractivity contribution < 1.29 is 19.1 Å². The maximum Gasteiger partial charge on any atom is 0.308 e. The Balaban J connectivity index is 1.86. The molecule has 0 aromatic carbocycles. The number of furan rings is 1. The number of carbonyl (C=O) groups excluding carboxylic acids is 1. The van der Waals surface area contributed by atoms with Crippen LogP contribution in [0.4, 0.5) is 0 Å². The topological polar surface area (TPSA) is 82.8 Å². The summed E-state index contributed by atoms with van der Waals surface area (Å²) in [5.74, 6) is -0.533. The van der Waals surface area contributed by atoms with E-state index >= 15 is 0 Å². The number of carboxylic acid groups (broad SMARTS) is 1. The molecule has 2 rings (SSSR count). The van der Waals surface area contributed by atoms with Crippen LogP contribution in [0.1, 0.15) is 19.6 Å². The molecule has 0 bridgehead atoms. The second-order valence-corrected chi connectivity index (χ2v) is 5.35. The fourth-order valence-corrected chi connectivity index (χ4v) is 2.54. The van der Waals surface area contributed by atoms with Crippen LogP contribution in [0.5, 0.6) is 0 Å². The molecule has 0 saturated carbocycles. The highest BCUT2D eigenvalue weighted by Gasteiger charge is 2.38. The van der Waals surface area contributed by atoms with Gasteiger partial charge in [-0.25, -0.2) is 0 Å². The zero-order valence-electron chi connectivity index (χ0n) is 11.7. The molecular formula is C14H20N2O4. The molecule has 3 unspecified atom stereocenters. The van der Waals surface area contributed by atoms with E-state index < -0.39 is 11.9 Å². The molecule has 2 N–H and O–H groups in total. The summed E-state index contributed by atoms with van der Waals surface area (Å²) >= 11 is 0. The van der Waals surface area contributed by atoms with E-state index in [0.29, 0.717) is 25.4 Å². The van der Waals surface area contributed by atoms with Crippen molar-refractivity contribution in [3.63, 3.8) is 0 Å². The monoisotopic (exact) mass is 280 g/mol. The highest BCUT2D eigenvalue weighted by atomic mass is 16.4. The van der Waals surface area contributed by atoms with E-state index in [0.717, 1.165) is 0 Å². The fourth-order valence-electron chi connectivity index (χ4n) is 2.54. The predicted octanol–water partition coefficient (Wildman–Crippen LogP) is 0.937. The third-order valence-electron chi connectivity index (χ3n) is 3.90. The largest absolute Gasteiger partial charge is 0.481 e. The number of nitrogens with one attached hydrogen (secondary N) is 1. The molecule has 2 heterocycles. The van der Waals surface area contributed by atoms with Crippen LogP contribution in [-0.2, 0) is 16.1 Å². The number of rotatable bonds is 5. The minimum Gasteiger partial charge on any atom is -0.481 e. The Hall–Kier alpha value is -1.82. The minimum absolute atomic E-state index is 0.0628. The Bertz CT molecular complexity index is 472. The summed E-state index contributed by atoms with van der Waals surface area (Å²) < 4.78 is 5.15. The summed E-state index contributed by atoms with van der Waals surface area (Å²) in [4.78, 5) is 25.1. The average molecular weight is 280 g/mol. The van der Waals surface area contributed by atoms with Gasteiger partial charge < -0.3 is 14.8 Å². The molecule has 6 heteroatoms. The van der Waals surface area contributed by atoms with Gasteiger partial charge in [0.15, 0.2) is 0 Å². The van der Waals surface area contributed by atoms with E-state index in [2.05, 4.69) is 5.32 Å². The van der Waals surface area contributed by atoms with Gasteiger partial charge in [0.05, 0.1) is 24.8 Å². The van der Waals surface area contributed by atoms with Gasteiger partial charge >= 0.3 is 5.97 Å². The lowest BCUT2D eigenvalue weighted by Crippen LogP contribution is -2.44. The number of hydrogen-bond acceptors (Lipinski definition) is 4. The number of nitrogens with zero attached hydrogens (tertiary/aromatic N) is 1. The van der Waals surface area contributed by atoms with Crippen molar-refractivity contribution in [2.45, 2.75) is 26.4 Å². The van der Waals surface area contributed by atoms with Crippen LogP contribution in [0.2, 0.25) is 0 Å². The van der Waals surface area contributed by atoms with Crippen LogP contribution in [0.3, 0.4) is 0 Å². The van der Waals surface area contributed by atoms with E-state index in [1.807, 2.05) is 11.8 Å². The van der Waals surface area contributed by atoms with Crippen LogP contribution in [0.25, 0.3) is 0 Å². The molecule has 1 amide bonds. The highest BCUT2D eigenvalue weighted by molar-refractivity contribution is 5.81. The van der Waals surface area contributed by atoms with Crippen LogP contribution in [-0.4, -0.2) is 41.0 Å². The molecule has 110 valence electrons. The van der Waals surface area contributed by atoms with Crippen molar-refractivity contribution in [1.82, 2.24) is 10.2 Å². The van der Waals surface area contributed by atoms with Crippen molar-refractivity contribution >= 4 is 11.9 Å². The lowest BCUT2D eigenvalue weighted by Gasteiger charge is -2.23. The average Bonchev–Trinajstić information content (AvgIpc) is 3.04. The first-order valence-electron chi connectivity index (χ1n) is 6.76. The van der Waals surface area contributed by atoms with Gasteiger partial charge in [0.25, 0.3) is 0 Å². The Morgan fingerprint density at radius 3 is 2.85 bits per heavy atom. The molecule has 1 saturated heterocycles. The Labute approximate surface area is 117 Å². The Morgan fingerprint density at radius 1 is 1.55 bits per heavy atom. The zero-order valence-corrected chi connectivity index (χ0v) is 11.7. The van der Waals surface area contributed by atoms with Gasteiger partial charge in [-0.05, 0) is 25.0 Å². The van der Waals surface area contributed by atoms with Gasteiger partial charge in [0.1, 0.15) is 5.76 Å². The van der Waals surface area contributed by atoms with Gasteiger partial charge in [-0.15, -0.1) is 0 Å². The molecule has 3 atom stereocenters. The van der Waals surface area contributed by atoms with Gasteiger partial charge in [-0.3, -0.25) is 14.5 Å². The maximum absolute atomic E-state index is 12.1. The fraction of sp³-hybridized carbons (Fsp3) is 0.571. The third-order valence-corrected chi connectivity index (χ3v) is 3.90. The summed E-state index contributed by atoms with van der Waals surface area (Å²) in [6.45, 7) is 5.11. The van der Waals surface area contributed by atoms with E-state index in [1.165, 1.54) is 0 Å². The molecule has 20 heavy (non-hydrogen) atoms. The molecule has 1 aromatic rings. The maximum atomic E-state index is 12.1. The number of amides is 1. The predicted molar refractivity (Wildman–Crippen MR) is 71.9 cm³/mol. The second-order valence-electron chi connectivity index (χ2n) is 5.35. The molecule has 0 radical (unpaired) electrons. The van der Waals surface area contributed by atoms with Crippen molar-refractivity contribution in [3.05, 3.63) is 24.2 Å². The number of carboxylic acids is 1. The number of aliphatic carboxylic acids is 1. The quantitative estimate of drug-likeness (QED) is 0.838. The van der Waals surface area contributed by atoms with Crippen LogP contribution in [0, 0.1) is 11.8 Å². The summed E-state index contributed by atoms with van der Waals surface area (Å²) in [6.07, 6.45) is 1.56. The van der Waals surface area contributed by atoms with Gasteiger partial charge in [-0.1, -0.05) is 6.92 Å². The van der Waals surface area contributed by atoms with Crippen LogP contribution >= 0.6 is 0 Å². The van der Waals surface area contributed by atoms with Crippen LogP contribution < -0.4 is 5.32 Å². The van der Waals surface area contributed by atoms with Crippen molar-refractivity contribution in [3.8, 4) is 0 Å². The highest BCUT2D eigenvalue weighted by Crippen LogP contribution is 2.24.